The predicted molar refractivity (Wildman–Crippen MR) is 72.1 cm³/mol. The van der Waals surface area contributed by atoms with E-state index in [0.717, 1.165) is 11.4 Å². The van der Waals surface area contributed by atoms with Crippen LogP contribution in [-0.4, -0.2) is 20.4 Å². The van der Waals surface area contributed by atoms with Crippen molar-refractivity contribution in [1.29, 1.82) is 0 Å². The SMILES string of the molecule is CNS(=O)(=O)c1ccc(NCc2cscn2)cc1. The fourth-order valence-corrected chi connectivity index (χ4v) is 2.68. The summed E-state index contributed by atoms with van der Waals surface area (Å²) >= 11 is 1.54. The van der Waals surface area contributed by atoms with Crippen LogP contribution < -0.4 is 10.0 Å². The standard InChI is InChI=1S/C11H13N3O2S2/c1-12-18(15,16)11-4-2-9(3-5-11)13-6-10-7-17-8-14-10/h2-5,7-8,12-13H,6H2,1H3. The topological polar surface area (TPSA) is 71.1 Å². The molecule has 2 rings (SSSR count). The molecule has 0 spiro atoms. The van der Waals surface area contributed by atoms with Crippen molar-refractivity contribution in [3.05, 3.63) is 40.8 Å². The fraction of sp³-hybridized carbons (Fsp3) is 0.182. The maximum absolute atomic E-state index is 11.5. The van der Waals surface area contributed by atoms with Gasteiger partial charge in [0.2, 0.25) is 10.0 Å². The number of hydrogen-bond acceptors (Lipinski definition) is 5. The Bertz CT molecular complexity index is 592. The molecule has 0 radical (unpaired) electrons. The molecule has 0 aliphatic carbocycles. The van der Waals surface area contributed by atoms with Gasteiger partial charge >= 0.3 is 0 Å². The maximum atomic E-state index is 11.5. The van der Waals surface area contributed by atoms with Crippen LogP contribution in [0.5, 0.6) is 0 Å². The Kier molecular flexibility index (Phi) is 3.95. The van der Waals surface area contributed by atoms with E-state index in [4.69, 9.17) is 0 Å². The van der Waals surface area contributed by atoms with Crippen molar-refractivity contribution in [1.82, 2.24) is 9.71 Å². The molecule has 0 amide bonds. The summed E-state index contributed by atoms with van der Waals surface area (Å²) in [5.41, 5.74) is 3.60. The largest absolute Gasteiger partial charge is 0.379 e. The molecule has 0 unspecified atom stereocenters. The first kappa shape index (κ1) is 13.0. The van der Waals surface area contributed by atoms with Crippen molar-refractivity contribution in [2.45, 2.75) is 11.4 Å². The lowest BCUT2D eigenvalue weighted by Gasteiger charge is -2.06. The van der Waals surface area contributed by atoms with Crippen LogP contribution in [0.15, 0.2) is 40.1 Å². The molecule has 0 aliphatic rings. The molecule has 0 bridgehead atoms. The molecular weight excluding hydrogens is 270 g/mol. The summed E-state index contributed by atoms with van der Waals surface area (Å²) in [6, 6.07) is 6.59. The van der Waals surface area contributed by atoms with E-state index in [9.17, 15) is 8.42 Å². The number of hydrogen-bond donors (Lipinski definition) is 2. The zero-order valence-corrected chi connectivity index (χ0v) is 11.4. The van der Waals surface area contributed by atoms with Crippen LogP contribution in [0, 0.1) is 0 Å². The number of nitrogens with zero attached hydrogens (tertiary/aromatic N) is 1. The number of anilines is 1. The van der Waals surface area contributed by atoms with Crippen molar-refractivity contribution in [2.24, 2.45) is 0 Å². The Morgan fingerprint density at radius 2 is 2.00 bits per heavy atom. The zero-order valence-electron chi connectivity index (χ0n) is 9.75. The highest BCUT2D eigenvalue weighted by Gasteiger charge is 2.10. The Morgan fingerprint density at radius 3 is 2.56 bits per heavy atom. The lowest BCUT2D eigenvalue weighted by atomic mass is 10.3. The summed E-state index contributed by atoms with van der Waals surface area (Å²) in [5.74, 6) is 0. The number of aromatic nitrogens is 1. The van der Waals surface area contributed by atoms with Gasteiger partial charge in [0.25, 0.3) is 0 Å². The highest BCUT2D eigenvalue weighted by molar-refractivity contribution is 7.89. The van der Waals surface area contributed by atoms with E-state index in [1.165, 1.54) is 7.05 Å². The molecule has 5 nitrogen and oxygen atoms in total. The smallest absolute Gasteiger partial charge is 0.240 e. The van der Waals surface area contributed by atoms with Gasteiger partial charge in [-0.15, -0.1) is 11.3 Å². The number of sulfonamides is 1. The average Bonchev–Trinajstić information content (AvgIpc) is 2.90. The fourth-order valence-electron chi connectivity index (χ4n) is 1.39. The van der Waals surface area contributed by atoms with Crippen LogP contribution in [0.25, 0.3) is 0 Å². The van der Waals surface area contributed by atoms with Crippen LogP contribution in [0.4, 0.5) is 5.69 Å². The Labute approximate surface area is 110 Å². The van der Waals surface area contributed by atoms with Crippen molar-refractivity contribution in [3.63, 3.8) is 0 Å². The molecule has 18 heavy (non-hydrogen) atoms. The minimum atomic E-state index is -3.36. The lowest BCUT2D eigenvalue weighted by molar-refractivity contribution is 0.588. The Hall–Kier alpha value is -1.44. The zero-order chi connectivity index (χ0) is 13.0. The van der Waals surface area contributed by atoms with Gasteiger partial charge in [-0.3, -0.25) is 0 Å². The van der Waals surface area contributed by atoms with Gasteiger partial charge in [-0.25, -0.2) is 18.1 Å². The minimum Gasteiger partial charge on any atom is -0.379 e. The first-order valence-corrected chi connectivity index (χ1v) is 7.69. The summed E-state index contributed by atoms with van der Waals surface area (Å²) in [5, 5.41) is 5.14. The first-order valence-electron chi connectivity index (χ1n) is 5.26. The Balaban J connectivity index is 2.04. The van der Waals surface area contributed by atoms with Gasteiger partial charge in [0.1, 0.15) is 0 Å². The molecule has 7 heteroatoms. The molecule has 1 aromatic carbocycles. The van der Waals surface area contributed by atoms with Crippen molar-refractivity contribution < 1.29 is 8.42 Å². The second kappa shape index (κ2) is 5.47. The van der Waals surface area contributed by atoms with E-state index < -0.39 is 10.0 Å². The van der Waals surface area contributed by atoms with E-state index in [1.807, 2.05) is 5.38 Å². The van der Waals surface area contributed by atoms with Gasteiger partial charge in [-0.1, -0.05) is 0 Å². The summed E-state index contributed by atoms with van der Waals surface area (Å²) in [7, 11) is -1.97. The van der Waals surface area contributed by atoms with Crippen LogP contribution in [0.2, 0.25) is 0 Å². The third kappa shape index (κ3) is 3.06. The van der Waals surface area contributed by atoms with Gasteiger partial charge in [-0.05, 0) is 31.3 Å². The molecule has 2 aromatic rings. The second-order valence-electron chi connectivity index (χ2n) is 3.57. The van der Waals surface area contributed by atoms with Crippen LogP contribution in [0.3, 0.4) is 0 Å². The van der Waals surface area contributed by atoms with E-state index in [2.05, 4.69) is 15.0 Å². The van der Waals surface area contributed by atoms with Crippen molar-refractivity contribution >= 4 is 27.0 Å². The monoisotopic (exact) mass is 283 g/mol. The average molecular weight is 283 g/mol. The molecule has 0 atom stereocenters. The number of benzene rings is 1. The van der Waals surface area contributed by atoms with Crippen molar-refractivity contribution in [3.8, 4) is 0 Å². The normalized spacial score (nSPS) is 11.4. The summed E-state index contributed by atoms with van der Waals surface area (Å²) in [6.45, 7) is 0.627. The molecule has 0 fully saturated rings. The molecule has 2 N–H and O–H groups in total. The van der Waals surface area contributed by atoms with Gasteiger partial charge in [-0.2, -0.15) is 0 Å². The number of nitrogens with one attached hydrogen (secondary N) is 2. The van der Waals surface area contributed by atoms with Gasteiger partial charge < -0.3 is 5.32 Å². The van der Waals surface area contributed by atoms with Crippen LogP contribution in [-0.2, 0) is 16.6 Å². The molecule has 0 saturated carbocycles. The molecule has 0 aliphatic heterocycles. The maximum Gasteiger partial charge on any atom is 0.240 e. The van der Waals surface area contributed by atoms with Crippen LogP contribution >= 0.6 is 11.3 Å². The third-order valence-electron chi connectivity index (χ3n) is 2.39. The molecule has 1 aromatic heterocycles. The summed E-state index contributed by atoms with van der Waals surface area (Å²) in [4.78, 5) is 4.41. The number of rotatable bonds is 5. The molecular formula is C11H13N3O2S2. The van der Waals surface area contributed by atoms with Gasteiger partial charge in [0.05, 0.1) is 22.6 Å². The van der Waals surface area contributed by atoms with Gasteiger partial charge in [0, 0.05) is 11.1 Å². The Morgan fingerprint density at radius 1 is 1.28 bits per heavy atom. The summed E-state index contributed by atoms with van der Waals surface area (Å²) in [6.07, 6.45) is 0. The van der Waals surface area contributed by atoms with Crippen molar-refractivity contribution in [2.75, 3.05) is 12.4 Å². The molecule has 0 saturated heterocycles. The van der Waals surface area contributed by atoms with E-state index >= 15 is 0 Å². The number of thiazole rings is 1. The summed E-state index contributed by atoms with van der Waals surface area (Å²) < 4.78 is 25.3. The quantitative estimate of drug-likeness (QED) is 0.875. The van der Waals surface area contributed by atoms with Crippen LogP contribution in [0.1, 0.15) is 5.69 Å². The second-order valence-corrected chi connectivity index (χ2v) is 6.17. The van der Waals surface area contributed by atoms with E-state index in [1.54, 1.807) is 41.1 Å². The first-order chi connectivity index (χ1) is 8.62. The predicted octanol–water partition coefficient (Wildman–Crippen LogP) is 1.66. The van der Waals surface area contributed by atoms with E-state index in [0.29, 0.717) is 6.54 Å². The molecule has 1 heterocycles. The third-order valence-corrected chi connectivity index (χ3v) is 4.46. The van der Waals surface area contributed by atoms with E-state index in [-0.39, 0.29) is 4.90 Å². The van der Waals surface area contributed by atoms with Gasteiger partial charge in [0.15, 0.2) is 0 Å². The lowest BCUT2D eigenvalue weighted by Crippen LogP contribution is -2.18. The molecule has 96 valence electrons. The highest BCUT2D eigenvalue weighted by atomic mass is 32.2. The highest BCUT2D eigenvalue weighted by Crippen LogP contribution is 2.14. The minimum absolute atomic E-state index is 0.254.